The monoisotopic (exact) mass is 540 g/mol. The second kappa shape index (κ2) is 13.3. The average Bonchev–Trinajstić information content (AvgIpc) is 2.87. The van der Waals surface area contributed by atoms with Crippen molar-refractivity contribution < 1.29 is 19.1 Å². The van der Waals surface area contributed by atoms with Crippen molar-refractivity contribution in [3.63, 3.8) is 0 Å². The van der Waals surface area contributed by atoms with Crippen LogP contribution in [-0.4, -0.2) is 29.9 Å². The van der Waals surface area contributed by atoms with Gasteiger partial charge in [0.05, 0.1) is 6.61 Å². The summed E-state index contributed by atoms with van der Waals surface area (Å²) in [6.07, 6.45) is 5.37. The van der Waals surface area contributed by atoms with Gasteiger partial charge in [-0.3, -0.25) is 14.5 Å². The predicted octanol–water partition coefficient (Wildman–Crippen LogP) is 7.14. The van der Waals surface area contributed by atoms with Crippen molar-refractivity contribution in [2.24, 2.45) is 0 Å². The van der Waals surface area contributed by atoms with Crippen LogP contribution in [0.1, 0.15) is 57.6 Å². The molecule has 0 bridgehead atoms. The fourth-order valence-electron chi connectivity index (χ4n) is 3.99. The molecule has 0 spiro atoms. The molecule has 0 unspecified atom stereocenters. The third-order valence-corrected chi connectivity index (χ3v) is 6.62. The number of carbonyl (C=O) groups is 2. The van der Waals surface area contributed by atoms with Gasteiger partial charge in [0.25, 0.3) is 11.8 Å². The number of hydrogen-bond acceptors (Lipinski definition) is 5. The van der Waals surface area contributed by atoms with E-state index < -0.39 is 11.8 Å². The zero-order chi connectivity index (χ0) is 26.9. The van der Waals surface area contributed by atoms with Crippen LogP contribution in [0.3, 0.4) is 0 Å². The van der Waals surface area contributed by atoms with Crippen LogP contribution in [0.4, 0.5) is 0 Å². The number of hydrogen-bond donors (Lipinski definition) is 0. The van der Waals surface area contributed by atoms with E-state index in [0.29, 0.717) is 51.3 Å². The van der Waals surface area contributed by atoms with Gasteiger partial charge in [0.1, 0.15) is 18.2 Å². The Bertz CT molecular complexity index is 1280. The molecular formula is C29H30Cl2N2O4. The Morgan fingerprint density at radius 2 is 1.76 bits per heavy atom. The smallest absolute Gasteiger partial charge is 0.271 e. The van der Waals surface area contributed by atoms with Gasteiger partial charge in [-0.2, -0.15) is 5.26 Å². The number of unbranched alkanes of at least 4 members (excludes halogenated alkanes) is 3. The molecule has 2 aromatic carbocycles. The third kappa shape index (κ3) is 6.94. The van der Waals surface area contributed by atoms with Crippen molar-refractivity contribution in [3.05, 3.63) is 74.3 Å². The first kappa shape index (κ1) is 28.3. The summed E-state index contributed by atoms with van der Waals surface area (Å²) in [5, 5.41) is 10.7. The maximum Gasteiger partial charge on any atom is 0.271 e. The molecule has 6 nitrogen and oxygen atoms in total. The van der Waals surface area contributed by atoms with Crippen molar-refractivity contribution >= 4 is 41.1 Å². The van der Waals surface area contributed by atoms with Crippen LogP contribution in [0.15, 0.2) is 53.1 Å². The Balaban J connectivity index is 1.89. The average molecular weight is 541 g/mol. The van der Waals surface area contributed by atoms with Gasteiger partial charge in [0.2, 0.25) is 0 Å². The summed E-state index contributed by atoms with van der Waals surface area (Å²) in [6.45, 7) is 6.51. The Hall–Kier alpha value is -3.27. The summed E-state index contributed by atoms with van der Waals surface area (Å²) in [7, 11) is 0. The first-order valence-electron chi connectivity index (χ1n) is 12.3. The quantitative estimate of drug-likeness (QED) is 0.172. The Morgan fingerprint density at radius 1 is 0.973 bits per heavy atom. The number of imide groups is 1. The minimum absolute atomic E-state index is 0.00818. The summed E-state index contributed by atoms with van der Waals surface area (Å²) in [6, 6.07) is 12.5. The zero-order valence-corrected chi connectivity index (χ0v) is 22.8. The summed E-state index contributed by atoms with van der Waals surface area (Å²) in [4.78, 5) is 27.3. The van der Waals surface area contributed by atoms with E-state index >= 15 is 0 Å². The van der Waals surface area contributed by atoms with Gasteiger partial charge < -0.3 is 9.47 Å². The molecule has 2 aromatic rings. The maximum atomic E-state index is 13.3. The number of carbonyl (C=O) groups excluding carboxylic acids is 2. The molecule has 0 fully saturated rings. The fourth-order valence-corrected chi connectivity index (χ4v) is 4.46. The zero-order valence-electron chi connectivity index (χ0n) is 21.3. The minimum Gasteiger partial charge on any atom is -0.490 e. The van der Waals surface area contributed by atoms with Gasteiger partial charge in [0.15, 0.2) is 11.5 Å². The van der Waals surface area contributed by atoms with Crippen molar-refractivity contribution in [1.29, 1.82) is 5.26 Å². The molecule has 1 heterocycles. The second-order valence-corrected chi connectivity index (χ2v) is 9.50. The molecule has 0 radical (unpaired) electrons. The van der Waals surface area contributed by atoms with Crippen LogP contribution in [0, 0.1) is 11.3 Å². The van der Waals surface area contributed by atoms with Gasteiger partial charge in [-0.1, -0.05) is 61.5 Å². The summed E-state index contributed by atoms with van der Waals surface area (Å²) >= 11 is 12.2. The highest BCUT2D eigenvalue weighted by atomic mass is 35.5. The van der Waals surface area contributed by atoms with E-state index in [-0.39, 0.29) is 18.7 Å². The molecule has 0 saturated heterocycles. The van der Waals surface area contributed by atoms with Gasteiger partial charge in [-0.15, -0.1) is 0 Å². The molecule has 1 aliphatic heterocycles. The minimum atomic E-state index is -0.529. The standard InChI is InChI=1S/C29H30Cl2N2O4/c1-4-6-7-8-13-33-28(34)23(19(3)24(17-32)29(33)35)14-20-9-12-26(27(15-20)36-5-2)37-18-21-10-11-22(30)16-25(21)31/h9-12,14-16H,4-8,13,18H2,1-3H3/b23-14+. The molecule has 1 aliphatic rings. The largest absolute Gasteiger partial charge is 0.490 e. The molecule has 0 aromatic heterocycles. The maximum absolute atomic E-state index is 13.3. The number of amides is 2. The van der Waals surface area contributed by atoms with Crippen molar-refractivity contribution in [3.8, 4) is 17.6 Å². The van der Waals surface area contributed by atoms with E-state index in [2.05, 4.69) is 6.92 Å². The SMILES string of the molecule is CCCCCCN1C(=O)C(C#N)=C(C)/C(=C\c2ccc(OCc3ccc(Cl)cc3Cl)c(OCC)c2)C1=O. The first-order valence-corrected chi connectivity index (χ1v) is 13.1. The Morgan fingerprint density at radius 3 is 2.43 bits per heavy atom. The van der Waals surface area contributed by atoms with Crippen LogP contribution in [0.5, 0.6) is 11.5 Å². The summed E-state index contributed by atoms with van der Waals surface area (Å²) < 4.78 is 11.8. The van der Waals surface area contributed by atoms with Crippen LogP contribution < -0.4 is 9.47 Å². The van der Waals surface area contributed by atoms with E-state index in [0.717, 1.165) is 24.8 Å². The van der Waals surface area contributed by atoms with E-state index in [9.17, 15) is 14.9 Å². The second-order valence-electron chi connectivity index (χ2n) is 8.66. The predicted molar refractivity (Wildman–Crippen MR) is 146 cm³/mol. The van der Waals surface area contributed by atoms with Crippen LogP contribution in [-0.2, 0) is 16.2 Å². The van der Waals surface area contributed by atoms with Crippen molar-refractivity contribution in [1.82, 2.24) is 4.90 Å². The number of rotatable bonds is 11. The molecule has 0 saturated carbocycles. The van der Waals surface area contributed by atoms with Gasteiger partial charge in [-0.25, -0.2) is 0 Å². The molecule has 0 atom stereocenters. The lowest BCUT2D eigenvalue weighted by molar-refractivity contribution is -0.140. The number of nitriles is 1. The molecule has 0 aliphatic carbocycles. The first-order chi connectivity index (χ1) is 17.8. The number of nitrogens with zero attached hydrogens (tertiary/aromatic N) is 2. The van der Waals surface area contributed by atoms with E-state index in [4.69, 9.17) is 32.7 Å². The Kier molecular flexibility index (Phi) is 10.2. The highest BCUT2D eigenvalue weighted by Crippen LogP contribution is 2.33. The highest BCUT2D eigenvalue weighted by Gasteiger charge is 2.35. The molecule has 37 heavy (non-hydrogen) atoms. The van der Waals surface area contributed by atoms with E-state index in [1.807, 2.05) is 13.0 Å². The van der Waals surface area contributed by atoms with Crippen LogP contribution >= 0.6 is 23.2 Å². The summed E-state index contributed by atoms with van der Waals surface area (Å²) in [5.41, 5.74) is 2.14. The van der Waals surface area contributed by atoms with E-state index in [1.54, 1.807) is 49.4 Å². The third-order valence-electron chi connectivity index (χ3n) is 6.04. The van der Waals surface area contributed by atoms with Crippen LogP contribution in [0.25, 0.3) is 6.08 Å². The van der Waals surface area contributed by atoms with Crippen molar-refractivity contribution in [2.75, 3.05) is 13.2 Å². The topological polar surface area (TPSA) is 79.6 Å². The Labute approximate surface area is 228 Å². The summed E-state index contributed by atoms with van der Waals surface area (Å²) in [5.74, 6) is 0.0921. The molecule has 8 heteroatoms. The lowest BCUT2D eigenvalue weighted by atomic mass is 9.93. The lowest BCUT2D eigenvalue weighted by Gasteiger charge is -2.27. The van der Waals surface area contributed by atoms with Gasteiger partial charge >= 0.3 is 0 Å². The van der Waals surface area contributed by atoms with Gasteiger partial charge in [-0.05, 0) is 61.7 Å². The highest BCUT2D eigenvalue weighted by molar-refractivity contribution is 6.35. The molecule has 3 rings (SSSR count). The molecule has 0 N–H and O–H groups in total. The molecule has 2 amide bonds. The fraction of sp³-hybridized carbons (Fsp3) is 0.345. The van der Waals surface area contributed by atoms with Crippen molar-refractivity contribution in [2.45, 2.75) is 53.1 Å². The number of benzene rings is 2. The number of ether oxygens (including phenoxy) is 2. The normalized spacial score (nSPS) is 14.8. The molecule has 194 valence electrons. The molecular weight excluding hydrogens is 511 g/mol. The lowest BCUT2D eigenvalue weighted by Crippen LogP contribution is -2.43. The number of halogens is 2. The van der Waals surface area contributed by atoms with E-state index in [1.165, 1.54) is 4.90 Å². The van der Waals surface area contributed by atoms with Gasteiger partial charge in [0, 0.05) is 27.7 Å². The van der Waals surface area contributed by atoms with Crippen LogP contribution in [0.2, 0.25) is 10.0 Å².